The van der Waals surface area contributed by atoms with Crippen LogP contribution in [0.2, 0.25) is 0 Å². The van der Waals surface area contributed by atoms with Crippen molar-refractivity contribution in [2.24, 2.45) is 0 Å². The SMILES string of the molecule is CC(C(=O)Nc1cc(F)ccc1F)N1C(=O)c2ccccc2C1=O. The predicted molar refractivity (Wildman–Crippen MR) is 81.4 cm³/mol. The van der Waals surface area contributed by atoms with Crippen LogP contribution in [0.3, 0.4) is 0 Å². The lowest BCUT2D eigenvalue weighted by molar-refractivity contribution is -0.119. The maximum absolute atomic E-state index is 13.6. The Kier molecular flexibility index (Phi) is 3.84. The lowest BCUT2D eigenvalue weighted by Gasteiger charge is -2.21. The maximum Gasteiger partial charge on any atom is 0.262 e. The van der Waals surface area contributed by atoms with Gasteiger partial charge in [0.1, 0.15) is 17.7 Å². The van der Waals surface area contributed by atoms with E-state index < -0.39 is 35.4 Å². The van der Waals surface area contributed by atoms with Crippen molar-refractivity contribution in [1.29, 1.82) is 0 Å². The second-order valence-electron chi connectivity index (χ2n) is 5.32. The van der Waals surface area contributed by atoms with Gasteiger partial charge in [0, 0.05) is 6.07 Å². The zero-order chi connectivity index (χ0) is 17.4. The second kappa shape index (κ2) is 5.84. The molecule has 0 fully saturated rings. The minimum atomic E-state index is -1.18. The number of hydrogen-bond acceptors (Lipinski definition) is 3. The Labute approximate surface area is 135 Å². The molecule has 3 amide bonds. The van der Waals surface area contributed by atoms with Gasteiger partial charge in [0.25, 0.3) is 11.8 Å². The van der Waals surface area contributed by atoms with Crippen LogP contribution in [0.25, 0.3) is 0 Å². The highest BCUT2D eigenvalue weighted by atomic mass is 19.1. The van der Waals surface area contributed by atoms with Gasteiger partial charge in [-0.3, -0.25) is 19.3 Å². The highest BCUT2D eigenvalue weighted by molar-refractivity contribution is 6.23. The van der Waals surface area contributed by atoms with Crippen LogP contribution in [0.5, 0.6) is 0 Å². The highest BCUT2D eigenvalue weighted by Crippen LogP contribution is 2.25. The van der Waals surface area contributed by atoms with E-state index in [9.17, 15) is 23.2 Å². The topological polar surface area (TPSA) is 66.5 Å². The molecule has 0 aromatic heterocycles. The van der Waals surface area contributed by atoms with Crippen LogP contribution in [0, 0.1) is 11.6 Å². The number of carbonyl (C=O) groups is 3. The number of rotatable bonds is 3. The minimum Gasteiger partial charge on any atom is -0.322 e. The summed E-state index contributed by atoms with van der Waals surface area (Å²) in [5, 5.41) is 2.20. The summed E-state index contributed by atoms with van der Waals surface area (Å²) in [6, 6.07) is 7.64. The fourth-order valence-electron chi connectivity index (χ4n) is 2.51. The van der Waals surface area contributed by atoms with Crippen LogP contribution in [0.1, 0.15) is 27.6 Å². The molecule has 5 nitrogen and oxygen atoms in total. The highest BCUT2D eigenvalue weighted by Gasteiger charge is 2.40. The maximum atomic E-state index is 13.6. The molecule has 0 saturated heterocycles. The molecule has 7 heteroatoms. The van der Waals surface area contributed by atoms with E-state index in [1.165, 1.54) is 19.1 Å². The Morgan fingerprint density at radius 2 is 1.62 bits per heavy atom. The molecule has 1 N–H and O–H groups in total. The number of halogens is 2. The van der Waals surface area contributed by atoms with E-state index in [-0.39, 0.29) is 16.8 Å². The smallest absolute Gasteiger partial charge is 0.262 e. The van der Waals surface area contributed by atoms with Crippen LogP contribution in [-0.2, 0) is 4.79 Å². The summed E-state index contributed by atoms with van der Waals surface area (Å²) in [7, 11) is 0. The van der Waals surface area contributed by atoms with E-state index in [0.717, 1.165) is 23.1 Å². The third-order valence-electron chi connectivity index (χ3n) is 3.78. The van der Waals surface area contributed by atoms with Crippen molar-refractivity contribution >= 4 is 23.4 Å². The Morgan fingerprint density at radius 1 is 1.04 bits per heavy atom. The number of amides is 3. The Balaban J connectivity index is 1.83. The average molecular weight is 330 g/mol. The van der Waals surface area contributed by atoms with Gasteiger partial charge < -0.3 is 5.32 Å². The number of carbonyl (C=O) groups excluding carboxylic acids is 3. The van der Waals surface area contributed by atoms with Crippen molar-refractivity contribution in [3.63, 3.8) is 0 Å². The quantitative estimate of drug-likeness (QED) is 0.880. The Hall–Kier alpha value is -3.09. The van der Waals surface area contributed by atoms with Crippen molar-refractivity contribution in [3.05, 3.63) is 65.2 Å². The van der Waals surface area contributed by atoms with Crippen molar-refractivity contribution in [3.8, 4) is 0 Å². The number of anilines is 1. The van der Waals surface area contributed by atoms with Crippen molar-refractivity contribution in [2.75, 3.05) is 5.32 Å². The summed E-state index contributed by atoms with van der Waals surface area (Å²) in [4.78, 5) is 37.7. The van der Waals surface area contributed by atoms with Crippen LogP contribution in [0.15, 0.2) is 42.5 Å². The first-order chi connectivity index (χ1) is 11.4. The minimum absolute atomic E-state index is 0.207. The molecule has 122 valence electrons. The molecule has 0 saturated carbocycles. The third kappa shape index (κ3) is 2.54. The molecular formula is C17H12F2N2O3. The van der Waals surface area contributed by atoms with Gasteiger partial charge in [-0.25, -0.2) is 8.78 Å². The first kappa shape index (κ1) is 15.8. The number of nitrogens with one attached hydrogen (secondary N) is 1. The van der Waals surface area contributed by atoms with Crippen LogP contribution in [0.4, 0.5) is 14.5 Å². The van der Waals surface area contributed by atoms with Crippen LogP contribution in [-0.4, -0.2) is 28.7 Å². The van der Waals surface area contributed by atoms with Gasteiger partial charge in [-0.05, 0) is 31.2 Å². The number of hydrogen-bond donors (Lipinski definition) is 1. The van der Waals surface area contributed by atoms with E-state index in [1.54, 1.807) is 12.1 Å². The molecule has 1 atom stereocenters. The van der Waals surface area contributed by atoms with Crippen LogP contribution >= 0.6 is 0 Å². The summed E-state index contributed by atoms with van der Waals surface area (Å²) in [6.45, 7) is 1.34. The largest absolute Gasteiger partial charge is 0.322 e. The molecule has 2 aromatic rings. The molecule has 1 aliphatic rings. The first-order valence-electron chi connectivity index (χ1n) is 7.13. The van der Waals surface area contributed by atoms with Gasteiger partial charge in [0.05, 0.1) is 16.8 Å². The molecule has 2 aromatic carbocycles. The molecule has 1 aliphatic heterocycles. The number of benzene rings is 2. The number of nitrogens with zero attached hydrogens (tertiary/aromatic N) is 1. The summed E-state index contributed by atoms with van der Waals surface area (Å²) in [6.07, 6.45) is 0. The normalized spacial score (nSPS) is 14.5. The Morgan fingerprint density at radius 3 is 2.21 bits per heavy atom. The van der Waals surface area contributed by atoms with E-state index >= 15 is 0 Å². The molecule has 1 unspecified atom stereocenters. The molecule has 0 spiro atoms. The molecule has 24 heavy (non-hydrogen) atoms. The van der Waals surface area contributed by atoms with E-state index in [4.69, 9.17) is 0 Å². The lowest BCUT2D eigenvalue weighted by atomic mass is 10.1. The van der Waals surface area contributed by atoms with E-state index in [1.807, 2.05) is 0 Å². The van der Waals surface area contributed by atoms with Gasteiger partial charge in [0.15, 0.2) is 0 Å². The van der Waals surface area contributed by atoms with E-state index in [2.05, 4.69) is 5.32 Å². The van der Waals surface area contributed by atoms with Gasteiger partial charge in [-0.15, -0.1) is 0 Å². The number of fused-ring (bicyclic) bond motifs is 1. The summed E-state index contributed by atoms with van der Waals surface area (Å²) < 4.78 is 26.8. The fraction of sp³-hybridized carbons (Fsp3) is 0.118. The molecule has 3 rings (SSSR count). The summed E-state index contributed by atoms with van der Waals surface area (Å²) in [5.41, 5.74) is 0.0571. The molecule has 1 heterocycles. The van der Waals surface area contributed by atoms with Crippen molar-refractivity contribution < 1.29 is 23.2 Å². The van der Waals surface area contributed by atoms with E-state index in [0.29, 0.717) is 0 Å². The molecular weight excluding hydrogens is 318 g/mol. The third-order valence-corrected chi connectivity index (χ3v) is 3.78. The van der Waals surface area contributed by atoms with Crippen molar-refractivity contribution in [2.45, 2.75) is 13.0 Å². The number of imide groups is 1. The zero-order valence-electron chi connectivity index (χ0n) is 12.5. The van der Waals surface area contributed by atoms with Gasteiger partial charge in [-0.2, -0.15) is 0 Å². The first-order valence-corrected chi connectivity index (χ1v) is 7.13. The van der Waals surface area contributed by atoms with Crippen molar-refractivity contribution in [1.82, 2.24) is 4.90 Å². The second-order valence-corrected chi connectivity index (χ2v) is 5.32. The standard InChI is InChI=1S/C17H12F2N2O3/c1-9(15(22)20-14-8-10(18)6-7-13(14)19)21-16(23)11-4-2-3-5-12(11)17(21)24/h2-9H,1H3,(H,20,22). The summed E-state index contributed by atoms with van der Waals surface area (Å²) in [5.74, 6) is -3.54. The molecule has 0 aliphatic carbocycles. The monoisotopic (exact) mass is 330 g/mol. The van der Waals surface area contributed by atoms with Gasteiger partial charge >= 0.3 is 0 Å². The zero-order valence-corrected chi connectivity index (χ0v) is 12.5. The molecule has 0 bridgehead atoms. The van der Waals surface area contributed by atoms with Crippen LogP contribution < -0.4 is 5.32 Å². The summed E-state index contributed by atoms with van der Waals surface area (Å²) >= 11 is 0. The average Bonchev–Trinajstić information content (AvgIpc) is 2.82. The lowest BCUT2D eigenvalue weighted by Crippen LogP contribution is -2.45. The Bertz CT molecular complexity index is 832. The predicted octanol–water partition coefficient (Wildman–Crippen LogP) is 2.59. The van der Waals surface area contributed by atoms with Gasteiger partial charge in [0.2, 0.25) is 5.91 Å². The fourth-order valence-corrected chi connectivity index (χ4v) is 2.51. The van der Waals surface area contributed by atoms with Gasteiger partial charge in [-0.1, -0.05) is 12.1 Å². The molecule has 0 radical (unpaired) electrons.